The van der Waals surface area contributed by atoms with E-state index < -0.39 is 6.03 Å². The lowest BCUT2D eigenvalue weighted by Crippen LogP contribution is -2.45. The molecule has 1 fully saturated rings. The summed E-state index contributed by atoms with van der Waals surface area (Å²) in [6, 6.07) is 10.1. The van der Waals surface area contributed by atoms with Gasteiger partial charge in [-0.15, -0.1) is 0 Å². The first-order valence-corrected chi connectivity index (χ1v) is 8.00. The van der Waals surface area contributed by atoms with Crippen LogP contribution in [-0.4, -0.2) is 42.0 Å². The monoisotopic (exact) mass is 314 g/mol. The SMILES string of the molecule is CNC(=O)NC(=O)CN1CCCC[C@@H]1c1cc2ccccc2[nH]1. The molecule has 0 radical (unpaired) electrons. The predicted molar refractivity (Wildman–Crippen MR) is 89.1 cm³/mol. The molecule has 3 N–H and O–H groups in total. The van der Waals surface area contributed by atoms with E-state index in [9.17, 15) is 9.59 Å². The molecule has 0 bridgehead atoms. The normalized spacial score (nSPS) is 18.7. The number of nitrogens with zero attached hydrogens (tertiary/aromatic N) is 1. The zero-order chi connectivity index (χ0) is 16.2. The van der Waals surface area contributed by atoms with Gasteiger partial charge in [-0.3, -0.25) is 15.0 Å². The number of H-pyrrole nitrogens is 1. The molecule has 1 atom stereocenters. The van der Waals surface area contributed by atoms with Crippen LogP contribution in [0.4, 0.5) is 4.79 Å². The van der Waals surface area contributed by atoms with Gasteiger partial charge in [0.2, 0.25) is 5.91 Å². The maximum Gasteiger partial charge on any atom is 0.321 e. The average molecular weight is 314 g/mol. The number of benzene rings is 1. The zero-order valence-electron chi connectivity index (χ0n) is 13.3. The van der Waals surface area contributed by atoms with Crippen molar-refractivity contribution in [1.29, 1.82) is 0 Å². The molecule has 2 heterocycles. The van der Waals surface area contributed by atoms with Gasteiger partial charge in [0.05, 0.1) is 12.6 Å². The minimum Gasteiger partial charge on any atom is -0.357 e. The maximum absolute atomic E-state index is 12.0. The lowest BCUT2D eigenvalue weighted by Gasteiger charge is -2.34. The van der Waals surface area contributed by atoms with Crippen molar-refractivity contribution >= 4 is 22.8 Å². The van der Waals surface area contributed by atoms with Crippen molar-refractivity contribution in [2.75, 3.05) is 20.1 Å². The molecular formula is C17H22N4O2. The second-order valence-electron chi connectivity index (χ2n) is 5.92. The van der Waals surface area contributed by atoms with Crippen molar-refractivity contribution in [3.05, 3.63) is 36.0 Å². The molecule has 1 aromatic heterocycles. The van der Waals surface area contributed by atoms with Gasteiger partial charge in [-0.1, -0.05) is 24.6 Å². The van der Waals surface area contributed by atoms with E-state index in [0.29, 0.717) is 0 Å². The summed E-state index contributed by atoms with van der Waals surface area (Å²) < 4.78 is 0. The number of amides is 3. The minimum absolute atomic E-state index is 0.187. The number of aromatic nitrogens is 1. The van der Waals surface area contributed by atoms with Gasteiger partial charge in [0.15, 0.2) is 0 Å². The number of likely N-dealkylation sites (tertiary alicyclic amines) is 1. The maximum atomic E-state index is 12.0. The second-order valence-corrected chi connectivity index (χ2v) is 5.92. The molecule has 3 rings (SSSR count). The van der Waals surface area contributed by atoms with Crippen LogP contribution in [-0.2, 0) is 4.79 Å². The Kier molecular flexibility index (Phi) is 4.62. The third-order valence-corrected chi connectivity index (χ3v) is 4.35. The Morgan fingerprint density at radius 1 is 1.30 bits per heavy atom. The van der Waals surface area contributed by atoms with Crippen LogP contribution in [0.3, 0.4) is 0 Å². The first-order valence-electron chi connectivity index (χ1n) is 8.00. The van der Waals surface area contributed by atoms with Gasteiger partial charge in [0, 0.05) is 18.3 Å². The van der Waals surface area contributed by atoms with E-state index in [1.54, 1.807) is 0 Å². The first kappa shape index (κ1) is 15.6. The molecule has 6 heteroatoms. The summed E-state index contributed by atoms with van der Waals surface area (Å²) in [5, 5.41) is 5.92. The number of imide groups is 1. The molecule has 0 saturated carbocycles. The van der Waals surface area contributed by atoms with Crippen LogP contribution in [0.15, 0.2) is 30.3 Å². The van der Waals surface area contributed by atoms with Crippen molar-refractivity contribution in [3.8, 4) is 0 Å². The number of carbonyl (C=O) groups is 2. The molecule has 1 aliphatic rings. The summed E-state index contributed by atoms with van der Waals surface area (Å²) in [6.45, 7) is 1.09. The van der Waals surface area contributed by atoms with Crippen LogP contribution in [0.2, 0.25) is 0 Å². The molecule has 23 heavy (non-hydrogen) atoms. The Morgan fingerprint density at radius 2 is 2.13 bits per heavy atom. The standard InChI is InChI=1S/C17H22N4O2/c1-18-17(23)20-16(22)11-21-9-5-4-8-15(21)14-10-12-6-2-3-7-13(12)19-14/h2-3,6-7,10,15,19H,4-5,8-9,11H2,1H3,(H2,18,20,22,23)/t15-/m1/s1. The Balaban J connectivity index is 1.75. The Bertz CT molecular complexity index is 676. The van der Waals surface area contributed by atoms with E-state index in [1.807, 2.05) is 12.1 Å². The molecule has 1 aromatic carbocycles. The Hall–Kier alpha value is -2.34. The molecule has 0 spiro atoms. The van der Waals surface area contributed by atoms with E-state index >= 15 is 0 Å². The molecule has 122 valence electrons. The summed E-state index contributed by atoms with van der Waals surface area (Å²) >= 11 is 0. The van der Waals surface area contributed by atoms with E-state index in [4.69, 9.17) is 0 Å². The van der Waals surface area contributed by atoms with Gasteiger partial charge >= 0.3 is 6.03 Å². The molecular weight excluding hydrogens is 292 g/mol. The van der Waals surface area contributed by atoms with Crippen molar-refractivity contribution in [3.63, 3.8) is 0 Å². The quantitative estimate of drug-likeness (QED) is 0.812. The second kappa shape index (κ2) is 6.83. The number of aromatic amines is 1. The highest BCUT2D eigenvalue weighted by Crippen LogP contribution is 2.31. The Morgan fingerprint density at radius 3 is 2.91 bits per heavy atom. The average Bonchev–Trinajstić information content (AvgIpc) is 2.99. The van der Waals surface area contributed by atoms with E-state index in [-0.39, 0.29) is 18.5 Å². The first-order chi connectivity index (χ1) is 11.2. The van der Waals surface area contributed by atoms with Gasteiger partial charge in [-0.25, -0.2) is 4.79 Å². The molecule has 0 aliphatic carbocycles. The number of nitrogens with one attached hydrogen (secondary N) is 3. The van der Waals surface area contributed by atoms with Crippen molar-refractivity contribution in [2.24, 2.45) is 0 Å². The van der Waals surface area contributed by atoms with E-state index in [1.165, 1.54) is 12.4 Å². The minimum atomic E-state index is -0.464. The molecule has 2 aromatic rings. The van der Waals surface area contributed by atoms with Crippen LogP contribution in [0, 0.1) is 0 Å². The predicted octanol–water partition coefficient (Wildman–Crippen LogP) is 2.15. The summed E-state index contributed by atoms with van der Waals surface area (Å²) in [6.07, 6.45) is 3.23. The number of rotatable bonds is 3. The summed E-state index contributed by atoms with van der Waals surface area (Å²) in [5.74, 6) is -0.271. The molecule has 1 saturated heterocycles. The molecule has 3 amide bonds. The highest BCUT2D eigenvalue weighted by atomic mass is 16.2. The number of para-hydroxylation sites is 1. The van der Waals surface area contributed by atoms with Crippen LogP contribution in [0.5, 0.6) is 0 Å². The fraction of sp³-hybridized carbons (Fsp3) is 0.412. The molecule has 1 aliphatic heterocycles. The van der Waals surface area contributed by atoms with Crippen LogP contribution in [0.25, 0.3) is 10.9 Å². The lowest BCUT2D eigenvalue weighted by atomic mass is 9.99. The smallest absolute Gasteiger partial charge is 0.321 e. The third kappa shape index (κ3) is 3.53. The largest absolute Gasteiger partial charge is 0.357 e. The molecule has 6 nitrogen and oxygen atoms in total. The van der Waals surface area contributed by atoms with Gasteiger partial charge in [0.25, 0.3) is 0 Å². The van der Waals surface area contributed by atoms with Gasteiger partial charge in [0.1, 0.15) is 0 Å². The number of piperidine rings is 1. The zero-order valence-corrected chi connectivity index (χ0v) is 13.3. The van der Waals surface area contributed by atoms with Gasteiger partial charge in [-0.05, 0) is 36.9 Å². The number of fused-ring (bicyclic) bond motifs is 1. The van der Waals surface area contributed by atoms with Gasteiger partial charge in [-0.2, -0.15) is 0 Å². The number of carbonyl (C=O) groups excluding carboxylic acids is 2. The highest BCUT2D eigenvalue weighted by Gasteiger charge is 2.27. The number of urea groups is 1. The van der Waals surface area contributed by atoms with Gasteiger partial charge < -0.3 is 10.3 Å². The highest BCUT2D eigenvalue weighted by molar-refractivity contribution is 5.95. The van der Waals surface area contributed by atoms with Crippen LogP contribution >= 0.6 is 0 Å². The van der Waals surface area contributed by atoms with Crippen molar-refractivity contribution < 1.29 is 9.59 Å². The summed E-state index contributed by atoms with van der Waals surface area (Å²) in [7, 11) is 1.50. The Labute approximate surface area is 135 Å². The van der Waals surface area contributed by atoms with Crippen LogP contribution in [0.1, 0.15) is 31.0 Å². The molecule has 0 unspecified atom stereocenters. The number of hydrogen-bond donors (Lipinski definition) is 3. The third-order valence-electron chi connectivity index (χ3n) is 4.35. The fourth-order valence-corrected chi connectivity index (χ4v) is 3.22. The fourth-order valence-electron chi connectivity index (χ4n) is 3.22. The topological polar surface area (TPSA) is 77.2 Å². The number of hydrogen-bond acceptors (Lipinski definition) is 3. The lowest BCUT2D eigenvalue weighted by molar-refractivity contribution is -0.122. The summed E-state index contributed by atoms with van der Waals surface area (Å²) in [5.41, 5.74) is 2.25. The van der Waals surface area contributed by atoms with Crippen molar-refractivity contribution in [2.45, 2.75) is 25.3 Å². The van der Waals surface area contributed by atoms with Crippen LogP contribution < -0.4 is 10.6 Å². The van der Waals surface area contributed by atoms with E-state index in [0.717, 1.165) is 37.0 Å². The van der Waals surface area contributed by atoms with Crippen molar-refractivity contribution in [1.82, 2.24) is 20.5 Å². The van der Waals surface area contributed by atoms with E-state index in [2.05, 4.69) is 38.7 Å². The summed E-state index contributed by atoms with van der Waals surface area (Å²) in [4.78, 5) is 28.9.